The van der Waals surface area contributed by atoms with E-state index in [1.54, 1.807) is 12.1 Å². The Kier molecular flexibility index (Phi) is 7.17. The summed E-state index contributed by atoms with van der Waals surface area (Å²) in [5.74, 6) is -0.425. The zero-order valence-electron chi connectivity index (χ0n) is 11.7. The number of nitrogens with zero attached hydrogens (tertiary/aromatic N) is 3. The summed E-state index contributed by atoms with van der Waals surface area (Å²) in [5, 5.41) is 6.28. The number of alkyl halides is 1. The Morgan fingerprint density at radius 2 is 2.19 bits per heavy atom. The normalized spacial score (nSPS) is 13.2. The largest absolute Gasteiger partial charge is 0.376 e. The zero-order chi connectivity index (χ0) is 15.7. The molecule has 1 unspecified atom stereocenters. The molecule has 0 spiro atoms. The molecule has 21 heavy (non-hydrogen) atoms. The molecule has 3 N–H and O–H groups in total. The molecule has 0 aromatic heterocycles. The van der Waals surface area contributed by atoms with Gasteiger partial charge < -0.3 is 15.8 Å². The number of carbonyl (C=O) groups is 1. The number of ether oxygens (including phenoxy) is 1. The average Bonchev–Trinajstić information content (AvgIpc) is 2.48. The molecule has 0 saturated heterocycles. The molecule has 1 rings (SSSR count). The van der Waals surface area contributed by atoms with E-state index in [0.717, 1.165) is 5.56 Å². The quantitative estimate of drug-likeness (QED) is 0.409. The van der Waals surface area contributed by atoms with Crippen molar-refractivity contribution >= 4 is 5.91 Å². The van der Waals surface area contributed by atoms with Gasteiger partial charge in [-0.25, -0.2) is 0 Å². The predicted molar refractivity (Wildman–Crippen MR) is 76.0 cm³/mol. The molecule has 0 aliphatic carbocycles. The Hall–Kier alpha value is -2.15. The van der Waals surface area contributed by atoms with E-state index in [1.807, 2.05) is 12.1 Å². The van der Waals surface area contributed by atoms with E-state index < -0.39 is 24.7 Å². The van der Waals surface area contributed by atoms with Gasteiger partial charge in [0.1, 0.15) is 6.67 Å². The fourth-order valence-corrected chi connectivity index (χ4v) is 1.91. The second kappa shape index (κ2) is 8.91. The Morgan fingerprint density at radius 1 is 1.52 bits per heavy atom. The summed E-state index contributed by atoms with van der Waals surface area (Å²) in [7, 11) is 1.43. The number of benzene rings is 1. The molecule has 0 fully saturated rings. The van der Waals surface area contributed by atoms with Crippen LogP contribution in [0.1, 0.15) is 17.2 Å². The second-order valence-corrected chi connectivity index (χ2v) is 4.39. The van der Waals surface area contributed by atoms with E-state index in [1.165, 1.54) is 7.11 Å². The lowest BCUT2D eigenvalue weighted by atomic mass is 10.0. The molecule has 0 radical (unpaired) electrons. The molecule has 1 aromatic carbocycles. The number of primary amides is 1. The van der Waals surface area contributed by atoms with E-state index in [2.05, 4.69) is 15.3 Å². The standard InChI is InChI=1S/C13H18FN5O2/c1-21-13(11(6-14)18-19-16)10-4-2-9(3-5-10)7-17-8-12(15)20/h2-5,11,13,17H,6-8H2,1H3,(H2,15,20)/t11?,13-/m1/s1. The van der Waals surface area contributed by atoms with Crippen molar-refractivity contribution in [1.29, 1.82) is 0 Å². The van der Waals surface area contributed by atoms with Crippen LogP contribution in [0.25, 0.3) is 10.4 Å². The number of methoxy groups -OCH3 is 1. The van der Waals surface area contributed by atoms with Crippen LogP contribution < -0.4 is 11.1 Å². The third-order valence-corrected chi connectivity index (χ3v) is 2.90. The molecule has 1 aromatic rings. The maximum Gasteiger partial charge on any atom is 0.231 e. The van der Waals surface area contributed by atoms with Gasteiger partial charge in [0.25, 0.3) is 0 Å². The molecule has 7 nitrogen and oxygen atoms in total. The van der Waals surface area contributed by atoms with Crippen LogP contribution in [0.2, 0.25) is 0 Å². The summed E-state index contributed by atoms with van der Waals surface area (Å²) in [6.45, 7) is -0.211. The predicted octanol–water partition coefficient (Wildman–Crippen LogP) is 1.60. The minimum Gasteiger partial charge on any atom is -0.376 e. The number of azide groups is 1. The number of halogens is 1. The van der Waals surface area contributed by atoms with Crippen LogP contribution in [-0.4, -0.2) is 32.3 Å². The first-order valence-electron chi connectivity index (χ1n) is 6.33. The number of hydrogen-bond donors (Lipinski definition) is 2. The van der Waals surface area contributed by atoms with Gasteiger partial charge in [0.2, 0.25) is 5.91 Å². The van der Waals surface area contributed by atoms with Gasteiger partial charge in [0.15, 0.2) is 0 Å². The molecule has 0 saturated carbocycles. The van der Waals surface area contributed by atoms with Crippen molar-refractivity contribution in [2.75, 3.05) is 20.3 Å². The van der Waals surface area contributed by atoms with E-state index in [-0.39, 0.29) is 6.54 Å². The first-order chi connectivity index (χ1) is 10.1. The maximum atomic E-state index is 12.9. The van der Waals surface area contributed by atoms with Crippen molar-refractivity contribution in [1.82, 2.24) is 5.32 Å². The molecule has 1 amide bonds. The molecule has 114 valence electrons. The van der Waals surface area contributed by atoms with Crippen LogP contribution in [0.15, 0.2) is 29.4 Å². The smallest absolute Gasteiger partial charge is 0.231 e. The lowest BCUT2D eigenvalue weighted by Gasteiger charge is -2.20. The third kappa shape index (κ3) is 5.39. The Balaban J connectivity index is 2.74. The number of hydrogen-bond acceptors (Lipinski definition) is 4. The van der Waals surface area contributed by atoms with Crippen molar-refractivity contribution in [3.05, 3.63) is 45.8 Å². The van der Waals surface area contributed by atoms with Crippen molar-refractivity contribution in [2.45, 2.75) is 18.7 Å². The topological polar surface area (TPSA) is 113 Å². The minimum absolute atomic E-state index is 0.100. The number of carbonyl (C=O) groups excluding carboxylic acids is 1. The summed E-state index contributed by atoms with van der Waals surface area (Å²) in [6.07, 6.45) is -0.640. The van der Waals surface area contributed by atoms with E-state index in [4.69, 9.17) is 16.0 Å². The van der Waals surface area contributed by atoms with Gasteiger partial charge in [-0.1, -0.05) is 29.4 Å². The minimum atomic E-state index is -0.904. The number of nitrogens with one attached hydrogen (secondary N) is 1. The zero-order valence-corrected chi connectivity index (χ0v) is 11.7. The Morgan fingerprint density at radius 3 is 2.67 bits per heavy atom. The first-order valence-corrected chi connectivity index (χ1v) is 6.33. The van der Waals surface area contributed by atoms with Crippen LogP contribution in [0.4, 0.5) is 4.39 Å². The van der Waals surface area contributed by atoms with Crippen molar-refractivity contribution in [3.63, 3.8) is 0 Å². The van der Waals surface area contributed by atoms with Crippen LogP contribution in [0.5, 0.6) is 0 Å². The summed E-state index contributed by atoms with van der Waals surface area (Å²) >= 11 is 0. The van der Waals surface area contributed by atoms with Crippen molar-refractivity contribution < 1.29 is 13.9 Å². The van der Waals surface area contributed by atoms with Gasteiger partial charge in [0.05, 0.1) is 18.7 Å². The van der Waals surface area contributed by atoms with E-state index >= 15 is 0 Å². The van der Waals surface area contributed by atoms with Crippen molar-refractivity contribution in [3.8, 4) is 0 Å². The molecule has 0 bridgehead atoms. The highest BCUT2D eigenvalue weighted by Gasteiger charge is 2.21. The van der Waals surface area contributed by atoms with Crippen molar-refractivity contribution in [2.24, 2.45) is 10.8 Å². The van der Waals surface area contributed by atoms with Gasteiger partial charge in [-0.2, -0.15) is 0 Å². The second-order valence-electron chi connectivity index (χ2n) is 4.39. The van der Waals surface area contributed by atoms with Crippen LogP contribution in [-0.2, 0) is 16.1 Å². The molecule has 8 heteroatoms. The highest BCUT2D eigenvalue weighted by molar-refractivity contribution is 5.75. The molecule has 0 heterocycles. The number of rotatable bonds is 9. The van der Waals surface area contributed by atoms with Gasteiger partial charge in [-0.3, -0.25) is 9.18 Å². The van der Waals surface area contributed by atoms with Gasteiger partial charge in [-0.05, 0) is 16.7 Å². The highest BCUT2D eigenvalue weighted by Crippen LogP contribution is 2.24. The van der Waals surface area contributed by atoms with Gasteiger partial charge in [0, 0.05) is 18.6 Å². The Bertz CT molecular complexity index is 502. The molecular weight excluding hydrogens is 277 g/mol. The summed E-state index contributed by atoms with van der Waals surface area (Å²) < 4.78 is 18.1. The lowest BCUT2D eigenvalue weighted by molar-refractivity contribution is -0.117. The van der Waals surface area contributed by atoms with E-state index in [9.17, 15) is 9.18 Å². The average molecular weight is 295 g/mol. The summed E-state index contributed by atoms with van der Waals surface area (Å²) in [4.78, 5) is 13.2. The van der Waals surface area contributed by atoms with Crippen LogP contribution in [0, 0.1) is 0 Å². The van der Waals surface area contributed by atoms with E-state index in [0.29, 0.717) is 12.1 Å². The fraction of sp³-hybridized carbons (Fsp3) is 0.462. The van der Waals surface area contributed by atoms with Crippen LogP contribution >= 0.6 is 0 Å². The Labute approximate surface area is 121 Å². The maximum absolute atomic E-state index is 12.9. The van der Waals surface area contributed by atoms with Gasteiger partial charge in [-0.15, -0.1) is 0 Å². The summed E-state index contributed by atoms with van der Waals surface area (Å²) in [5.41, 5.74) is 15.1. The highest BCUT2D eigenvalue weighted by atomic mass is 19.1. The molecule has 2 atom stereocenters. The molecule has 0 aliphatic heterocycles. The SMILES string of the molecule is CO[C@H](c1ccc(CNCC(N)=O)cc1)C(CF)N=[N+]=[N-]. The van der Waals surface area contributed by atoms with Crippen LogP contribution in [0.3, 0.4) is 0 Å². The number of nitrogens with two attached hydrogens (primary N) is 1. The third-order valence-electron chi connectivity index (χ3n) is 2.90. The first kappa shape index (κ1) is 16.9. The monoisotopic (exact) mass is 295 g/mol. The molecule has 0 aliphatic rings. The number of amides is 1. The summed E-state index contributed by atoms with van der Waals surface area (Å²) in [6, 6.07) is 6.27. The lowest BCUT2D eigenvalue weighted by Crippen LogP contribution is -2.28. The fourth-order valence-electron chi connectivity index (χ4n) is 1.91. The molecular formula is C13H18FN5O2. The van der Waals surface area contributed by atoms with Gasteiger partial charge >= 0.3 is 0 Å².